The van der Waals surface area contributed by atoms with Crippen LogP contribution in [0.15, 0.2) is 42.9 Å². The van der Waals surface area contributed by atoms with E-state index in [1.807, 2.05) is 18.6 Å². The lowest BCUT2D eigenvalue weighted by Crippen LogP contribution is -1.98. The van der Waals surface area contributed by atoms with Crippen LogP contribution in [0.5, 0.6) is 0 Å². The van der Waals surface area contributed by atoms with Crippen LogP contribution in [0.3, 0.4) is 0 Å². The summed E-state index contributed by atoms with van der Waals surface area (Å²) < 4.78 is 2.21. The van der Waals surface area contributed by atoms with Gasteiger partial charge in [0.1, 0.15) is 0 Å². The van der Waals surface area contributed by atoms with E-state index in [0.29, 0.717) is 0 Å². The van der Waals surface area contributed by atoms with Crippen molar-refractivity contribution >= 4 is 40.2 Å². The van der Waals surface area contributed by atoms with Crippen LogP contribution in [0.1, 0.15) is 0 Å². The highest BCUT2D eigenvalue weighted by Crippen LogP contribution is 2.34. The summed E-state index contributed by atoms with van der Waals surface area (Å²) in [4.78, 5) is 12.6. The van der Waals surface area contributed by atoms with Crippen LogP contribution in [-0.2, 0) is 4.79 Å². The summed E-state index contributed by atoms with van der Waals surface area (Å²) >= 11 is 0. The van der Waals surface area contributed by atoms with E-state index < -0.39 is 0 Å². The quantitative estimate of drug-likeness (QED) is 0.604. The maximum Gasteiger partial charge on any atom is 0.290 e. The zero-order chi connectivity index (χ0) is 13.2. The molecule has 1 aliphatic heterocycles. The molecule has 0 spiro atoms. The number of para-hydroxylation sites is 1. The second kappa shape index (κ2) is 4.45. The monoisotopic (exact) mass is 253 g/mol. The molecular formula is C14H11N3O2. The summed E-state index contributed by atoms with van der Waals surface area (Å²) in [6.45, 7) is -0.250. The van der Waals surface area contributed by atoms with Gasteiger partial charge in [-0.15, -0.1) is 0 Å². The first kappa shape index (κ1) is 11.3. The fraction of sp³-hybridized carbons (Fsp3) is 0. The first-order valence-electron chi connectivity index (χ1n) is 5.74. The van der Waals surface area contributed by atoms with Crippen molar-refractivity contribution in [2.75, 3.05) is 5.32 Å². The number of anilines is 1. The van der Waals surface area contributed by atoms with Gasteiger partial charge in [-0.1, -0.05) is 12.1 Å². The zero-order valence-electron chi connectivity index (χ0n) is 9.95. The Kier molecular flexibility index (Phi) is 2.64. The van der Waals surface area contributed by atoms with Crippen molar-refractivity contribution in [3.8, 4) is 0 Å². The van der Waals surface area contributed by atoms with Crippen molar-refractivity contribution in [1.82, 2.24) is 9.55 Å². The predicted molar refractivity (Wildman–Crippen MR) is 74.9 cm³/mol. The minimum Gasteiger partial charge on any atom is -0.483 e. The number of pyridine rings is 1. The van der Waals surface area contributed by atoms with Gasteiger partial charge >= 0.3 is 0 Å². The number of hydrogen-bond acceptors (Lipinski definition) is 3. The van der Waals surface area contributed by atoms with E-state index in [1.165, 1.54) is 21.8 Å². The van der Waals surface area contributed by atoms with E-state index in [0.717, 1.165) is 5.69 Å². The number of aromatic nitrogens is 2. The normalized spacial score (nSPS) is 11.8. The van der Waals surface area contributed by atoms with E-state index in [-0.39, 0.29) is 6.47 Å². The van der Waals surface area contributed by atoms with E-state index in [1.54, 1.807) is 0 Å². The summed E-state index contributed by atoms with van der Waals surface area (Å²) in [7, 11) is 0. The third-order valence-corrected chi connectivity index (χ3v) is 3.09. The molecule has 5 heteroatoms. The topological polar surface area (TPSA) is 67.2 Å². The molecule has 0 unspecified atom stereocenters. The van der Waals surface area contributed by atoms with Gasteiger partial charge in [0, 0.05) is 35.6 Å². The molecule has 3 aromatic rings. The third kappa shape index (κ3) is 1.63. The molecule has 2 N–H and O–H groups in total. The average molecular weight is 253 g/mol. The molecular weight excluding hydrogens is 242 g/mol. The maximum atomic E-state index is 8.36. The molecule has 0 saturated heterocycles. The van der Waals surface area contributed by atoms with Crippen LogP contribution in [0.25, 0.3) is 28.0 Å². The highest BCUT2D eigenvalue weighted by atomic mass is 16.3. The maximum absolute atomic E-state index is 8.36. The predicted octanol–water partition coefficient (Wildman–Crippen LogP) is 2.74. The highest BCUT2D eigenvalue weighted by Gasteiger charge is 2.13. The van der Waals surface area contributed by atoms with Gasteiger partial charge in [-0.2, -0.15) is 0 Å². The van der Waals surface area contributed by atoms with Crippen molar-refractivity contribution < 1.29 is 9.90 Å². The molecule has 1 aromatic carbocycles. The number of benzene rings is 1. The number of nitrogens with zero attached hydrogens (tertiary/aromatic N) is 2. The van der Waals surface area contributed by atoms with Gasteiger partial charge in [-0.25, -0.2) is 0 Å². The number of hydrogen-bond donors (Lipinski definition) is 2. The van der Waals surface area contributed by atoms with Crippen LogP contribution in [-0.4, -0.2) is 21.1 Å². The lowest BCUT2D eigenvalue weighted by Gasteiger charge is -2.11. The lowest BCUT2D eigenvalue weighted by molar-refractivity contribution is -0.122. The first-order chi connectivity index (χ1) is 9.36. The molecule has 0 aliphatic carbocycles. The number of rotatable bonds is 0. The van der Waals surface area contributed by atoms with Gasteiger partial charge < -0.3 is 15.0 Å². The van der Waals surface area contributed by atoms with Gasteiger partial charge in [-0.05, 0) is 12.1 Å². The van der Waals surface area contributed by atoms with Gasteiger partial charge in [0.05, 0.1) is 16.7 Å². The second-order valence-corrected chi connectivity index (χ2v) is 4.03. The first-order valence-corrected chi connectivity index (χ1v) is 5.74. The van der Waals surface area contributed by atoms with Crippen LogP contribution in [0.2, 0.25) is 0 Å². The Bertz CT molecular complexity index is 790. The molecule has 19 heavy (non-hydrogen) atoms. The molecule has 0 radical (unpaired) electrons. The van der Waals surface area contributed by atoms with Crippen molar-refractivity contribution in [2.45, 2.75) is 0 Å². The average Bonchev–Trinajstić information content (AvgIpc) is 2.78. The number of fused-ring (bicyclic) bond motifs is 3. The van der Waals surface area contributed by atoms with Gasteiger partial charge in [0.2, 0.25) is 0 Å². The standard InChI is InChI=1S/C13H9N3.CH2O2/c1-2-9-10-8-14-5-4-12(10)16-7-6-15-11(3-1)13(9)16;2-1-3/h1-8,15H;1H,(H,2,3). The molecule has 0 amide bonds. The molecule has 2 aromatic heterocycles. The number of nitrogens with one attached hydrogen (secondary N) is 1. The molecule has 0 fully saturated rings. The summed E-state index contributed by atoms with van der Waals surface area (Å²) in [5.41, 5.74) is 3.58. The van der Waals surface area contributed by atoms with E-state index >= 15 is 0 Å². The lowest BCUT2D eigenvalue weighted by atomic mass is 10.2. The Morgan fingerprint density at radius 3 is 2.95 bits per heavy atom. The van der Waals surface area contributed by atoms with E-state index in [9.17, 15) is 0 Å². The van der Waals surface area contributed by atoms with E-state index in [2.05, 4.69) is 45.3 Å². The summed E-state index contributed by atoms with van der Waals surface area (Å²) in [6.07, 6.45) is 7.77. The summed E-state index contributed by atoms with van der Waals surface area (Å²) in [5, 5.41) is 12.6. The molecule has 3 heterocycles. The fourth-order valence-electron chi connectivity index (χ4n) is 2.42. The van der Waals surface area contributed by atoms with Crippen LogP contribution < -0.4 is 5.32 Å². The van der Waals surface area contributed by atoms with Crippen molar-refractivity contribution in [3.05, 3.63) is 42.9 Å². The van der Waals surface area contributed by atoms with Crippen LogP contribution in [0, 0.1) is 0 Å². The third-order valence-electron chi connectivity index (χ3n) is 3.09. The minimum absolute atomic E-state index is 0.250. The Labute approximate surface area is 108 Å². The van der Waals surface area contributed by atoms with Crippen molar-refractivity contribution in [3.63, 3.8) is 0 Å². The van der Waals surface area contributed by atoms with Crippen molar-refractivity contribution in [1.29, 1.82) is 0 Å². The molecule has 5 nitrogen and oxygen atoms in total. The smallest absolute Gasteiger partial charge is 0.290 e. The SMILES string of the molecule is C1=Cn2c3ccncc3c3cccc(c32)N1.O=CO. The summed E-state index contributed by atoms with van der Waals surface area (Å²) in [5.74, 6) is 0. The van der Waals surface area contributed by atoms with Gasteiger partial charge in [-0.3, -0.25) is 9.78 Å². The van der Waals surface area contributed by atoms with Gasteiger partial charge in [0.25, 0.3) is 6.47 Å². The van der Waals surface area contributed by atoms with Gasteiger partial charge in [0.15, 0.2) is 0 Å². The Hall–Kier alpha value is -2.82. The Morgan fingerprint density at radius 2 is 2.11 bits per heavy atom. The van der Waals surface area contributed by atoms with Crippen LogP contribution in [0.4, 0.5) is 5.69 Å². The molecule has 94 valence electrons. The molecule has 0 atom stereocenters. The van der Waals surface area contributed by atoms with Crippen molar-refractivity contribution in [2.24, 2.45) is 0 Å². The highest BCUT2D eigenvalue weighted by molar-refractivity contribution is 6.13. The molecule has 0 saturated carbocycles. The van der Waals surface area contributed by atoms with Crippen LogP contribution >= 0.6 is 0 Å². The minimum atomic E-state index is -0.250. The number of carbonyl (C=O) groups is 1. The molecule has 1 aliphatic rings. The molecule has 0 bridgehead atoms. The molecule has 4 rings (SSSR count). The van der Waals surface area contributed by atoms with E-state index in [4.69, 9.17) is 9.90 Å². The largest absolute Gasteiger partial charge is 0.483 e. The second-order valence-electron chi connectivity index (χ2n) is 4.03. The summed E-state index contributed by atoms with van der Waals surface area (Å²) in [6, 6.07) is 8.35. The fourth-order valence-corrected chi connectivity index (χ4v) is 2.42. The zero-order valence-corrected chi connectivity index (χ0v) is 9.95. The Balaban J connectivity index is 0.000000339. The Morgan fingerprint density at radius 1 is 1.26 bits per heavy atom. The number of carboxylic acid groups (broad SMARTS) is 1.